The zero-order valence-electron chi connectivity index (χ0n) is 21.3. The molecule has 2 heterocycles. The molecule has 39 heavy (non-hydrogen) atoms. The highest BCUT2D eigenvalue weighted by Gasteiger charge is 2.45. The first-order valence-corrected chi connectivity index (χ1v) is 13.9. The van der Waals surface area contributed by atoms with Crippen molar-refractivity contribution < 1.29 is 19.4 Å². The van der Waals surface area contributed by atoms with Crippen molar-refractivity contribution in [1.29, 1.82) is 0 Å². The summed E-state index contributed by atoms with van der Waals surface area (Å²) in [5, 5.41) is 19.8. The number of allylic oxidation sites excluding steroid dienone is 1. The second-order valence-corrected chi connectivity index (χ2v) is 11.0. The fourth-order valence-corrected chi connectivity index (χ4v) is 5.99. The highest BCUT2D eigenvalue weighted by Crippen LogP contribution is 2.43. The van der Waals surface area contributed by atoms with Gasteiger partial charge in [-0.05, 0) is 41.8 Å². The molecular weight excluding hydrogens is 530 g/mol. The van der Waals surface area contributed by atoms with Crippen LogP contribution in [-0.4, -0.2) is 34.1 Å². The molecule has 0 saturated carbocycles. The monoisotopic (exact) mass is 555 g/mol. The number of thioether (sulfide) groups is 1. The summed E-state index contributed by atoms with van der Waals surface area (Å²) in [6.07, 6.45) is 3.03. The van der Waals surface area contributed by atoms with Gasteiger partial charge in [0.25, 0.3) is 5.91 Å². The average molecular weight is 556 g/mol. The van der Waals surface area contributed by atoms with Gasteiger partial charge in [0.05, 0.1) is 18.7 Å². The van der Waals surface area contributed by atoms with Crippen LogP contribution < -0.4 is 9.64 Å². The van der Waals surface area contributed by atoms with Gasteiger partial charge >= 0.3 is 0 Å². The van der Waals surface area contributed by atoms with E-state index in [1.54, 1.807) is 37.5 Å². The van der Waals surface area contributed by atoms with Gasteiger partial charge in [0.2, 0.25) is 5.13 Å². The Kier molecular flexibility index (Phi) is 7.90. The first kappa shape index (κ1) is 26.4. The molecule has 0 radical (unpaired) electrons. The van der Waals surface area contributed by atoms with Gasteiger partial charge in [0, 0.05) is 5.75 Å². The molecule has 4 aromatic rings. The molecule has 0 aliphatic carbocycles. The Bertz CT molecular complexity index is 1550. The lowest BCUT2D eigenvalue weighted by atomic mass is 9.95. The number of nitrogens with zero attached hydrogens (tertiary/aromatic N) is 3. The quantitative estimate of drug-likeness (QED) is 0.147. The summed E-state index contributed by atoms with van der Waals surface area (Å²) in [7, 11) is 1.56. The van der Waals surface area contributed by atoms with E-state index in [4.69, 9.17) is 4.74 Å². The molecule has 5 rings (SSSR count). The van der Waals surface area contributed by atoms with Crippen molar-refractivity contribution in [2.24, 2.45) is 0 Å². The van der Waals surface area contributed by atoms with Crippen molar-refractivity contribution in [2.75, 3.05) is 12.0 Å². The molecule has 1 N–H and O–H groups in total. The van der Waals surface area contributed by atoms with Crippen LogP contribution in [0, 0.1) is 6.92 Å². The molecule has 7 nitrogen and oxygen atoms in total. The number of amides is 1. The smallest absolute Gasteiger partial charge is 0.296 e. The molecular formula is C30H25N3O4S2. The molecule has 3 aromatic carbocycles. The average Bonchev–Trinajstić information content (AvgIpc) is 3.54. The third-order valence-corrected chi connectivity index (χ3v) is 8.34. The first-order valence-electron chi connectivity index (χ1n) is 12.1. The lowest BCUT2D eigenvalue weighted by Gasteiger charge is -2.23. The second kappa shape index (κ2) is 11.7. The molecule has 1 aliphatic rings. The van der Waals surface area contributed by atoms with Crippen LogP contribution in [0.25, 0.3) is 6.08 Å². The van der Waals surface area contributed by atoms with Gasteiger partial charge in [-0.1, -0.05) is 101 Å². The van der Waals surface area contributed by atoms with Crippen molar-refractivity contribution in [1.82, 2.24) is 10.2 Å². The van der Waals surface area contributed by atoms with Crippen LogP contribution in [0.2, 0.25) is 0 Å². The van der Waals surface area contributed by atoms with Crippen molar-refractivity contribution in [2.45, 2.75) is 23.1 Å². The summed E-state index contributed by atoms with van der Waals surface area (Å²) in [6, 6.07) is 23.8. The molecule has 196 valence electrons. The van der Waals surface area contributed by atoms with Crippen LogP contribution >= 0.6 is 23.1 Å². The van der Waals surface area contributed by atoms with Crippen LogP contribution in [0.3, 0.4) is 0 Å². The fraction of sp³-hybridized carbons (Fsp3) is 0.133. The van der Waals surface area contributed by atoms with E-state index in [-0.39, 0.29) is 5.57 Å². The number of aryl methyl sites for hydroxylation is 1. The number of hydrogen-bond acceptors (Lipinski definition) is 8. The fourth-order valence-electron chi connectivity index (χ4n) is 4.17. The van der Waals surface area contributed by atoms with Crippen LogP contribution in [0.5, 0.6) is 5.75 Å². The maximum Gasteiger partial charge on any atom is 0.296 e. The summed E-state index contributed by atoms with van der Waals surface area (Å²) in [4.78, 5) is 28.1. The van der Waals surface area contributed by atoms with E-state index >= 15 is 0 Å². The first-order chi connectivity index (χ1) is 18.9. The topological polar surface area (TPSA) is 92.6 Å². The third-order valence-electron chi connectivity index (χ3n) is 6.22. The Balaban J connectivity index is 1.45. The van der Waals surface area contributed by atoms with Gasteiger partial charge in [0.1, 0.15) is 5.75 Å². The van der Waals surface area contributed by atoms with Gasteiger partial charge in [0.15, 0.2) is 15.9 Å². The number of rotatable bonds is 9. The van der Waals surface area contributed by atoms with Gasteiger partial charge < -0.3 is 9.84 Å². The Hall–Kier alpha value is -4.21. The number of anilines is 1. The standard InChI is InChI=1S/C30H25N3O4S2/c1-19-8-10-21(11-9-19)18-38-30-32-31-29(39-30)33-26(22-13-15-23(37-2)16-14-22)25(27(35)28(33)36)24(34)17-12-20-6-4-3-5-7-20/h3-17,26,35H,18H2,1-2H3. The van der Waals surface area contributed by atoms with E-state index in [0.29, 0.717) is 26.5 Å². The summed E-state index contributed by atoms with van der Waals surface area (Å²) in [6.45, 7) is 2.04. The predicted molar refractivity (Wildman–Crippen MR) is 154 cm³/mol. The number of aromatic nitrogens is 2. The number of hydrogen-bond donors (Lipinski definition) is 1. The molecule has 0 saturated heterocycles. The van der Waals surface area contributed by atoms with E-state index in [1.165, 1.54) is 39.6 Å². The molecule has 0 spiro atoms. The van der Waals surface area contributed by atoms with Crippen molar-refractivity contribution in [3.05, 3.63) is 119 Å². The summed E-state index contributed by atoms with van der Waals surface area (Å²) in [5.41, 5.74) is 3.78. The van der Waals surface area contributed by atoms with E-state index in [9.17, 15) is 14.7 Å². The molecule has 1 unspecified atom stereocenters. The molecule has 1 aromatic heterocycles. The van der Waals surface area contributed by atoms with Gasteiger partial charge in [-0.3, -0.25) is 14.5 Å². The van der Waals surface area contributed by atoms with Gasteiger partial charge in [-0.25, -0.2) is 0 Å². The number of aliphatic hydroxyl groups excluding tert-OH is 1. The van der Waals surface area contributed by atoms with Crippen LogP contribution in [0.1, 0.15) is 28.3 Å². The minimum absolute atomic E-state index is 0.0126. The molecule has 0 fully saturated rings. The summed E-state index contributed by atoms with van der Waals surface area (Å²) < 4.78 is 5.95. The zero-order valence-corrected chi connectivity index (χ0v) is 22.9. The minimum Gasteiger partial charge on any atom is -0.503 e. The number of methoxy groups -OCH3 is 1. The number of benzene rings is 3. The number of ketones is 1. The molecule has 1 amide bonds. The van der Waals surface area contributed by atoms with Crippen molar-refractivity contribution in [3.63, 3.8) is 0 Å². The molecule has 1 aliphatic heterocycles. The lowest BCUT2D eigenvalue weighted by Crippen LogP contribution is -2.30. The Labute approximate surface area is 234 Å². The second-order valence-electron chi connectivity index (χ2n) is 8.85. The number of carbonyl (C=O) groups is 2. The van der Waals surface area contributed by atoms with E-state index < -0.39 is 23.5 Å². The molecule has 9 heteroatoms. The predicted octanol–water partition coefficient (Wildman–Crippen LogP) is 6.33. The highest BCUT2D eigenvalue weighted by atomic mass is 32.2. The summed E-state index contributed by atoms with van der Waals surface area (Å²) in [5.74, 6) is -0.430. The van der Waals surface area contributed by atoms with Crippen LogP contribution in [0.4, 0.5) is 5.13 Å². The Morgan fingerprint density at radius 2 is 1.77 bits per heavy atom. The van der Waals surface area contributed by atoms with Gasteiger partial charge in [-0.2, -0.15) is 0 Å². The van der Waals surface area contributed by atoms with E-state index in [1.807, 2.05) is 37.3 Å². The maximum atomic E-state index is 13.4. The third kappa shape index (κ3) is 5.79. The number of carbonyl (C=O) groups excluding carboxylic acids is 2. The van der Waals surface area contributed by atoms with E-state index in [2.05, 4.69) is 34.5 Å². The highest BCUT2D eigenvalue weighted by molar-refractivity contribution is 8.00. The Morgan fingerprint density at radius 1 is 1.05 bits per heavy atom. The zero-order chi connectivity index (χ0) is 27.4. The molecule has 0 bridgehead atoms. The largest absolute Gasteiger partial charge is 0.503 e. The lowest BCUT2D eigenvalue weighted by molar-refractivity contribution is -0.117. The minimum atomic E-state index is -0.876. The van der Waals surface area contributed by atoms with Gasteiger partial charge in [-0.15, -0.1) is 10.2 Å². The SMILES string of the molecule is COc1ccc(C2C(C(=O)C=Cc3ccccc3)=C(O)C(=O)N2c2nnc(SCc3ccc(C)cc3)s2)cc1. The molecule has 1 atom stereocenters. The number of aliphatic hydroxyl groups is 1. The number of ether oxygens (including phenoxy) is 1. The van der Waals surface area contributed by atoms with Crippen LogP contribution in [-0.2, 0) is 15.3 Å². The normalized spacial score (nSPS) is 15.4. The summed E-state index contributed by atoms with van der Waals surface area (Å²) >= 11 is 2.75. The van der Waals surface area contributed by atoms with Crippen LogP contribution in [0.15, 0.2) is 101 Å². The Morgan fingerprint density at radius 3 is 2.46 bits per heavy atom. The van der Waals surface area contributed by atoms with Crippen molar-refractivity contribution >= 4 is 46.0 Å². The van der Waals surface area contributed by atoms with E-state index in [0.717, 1.165) is 11.1 Å². The maximum absolute atomic E-state index is 13.4. The van der Waals surface area contributed by atoms with Crippen molar-refractivity contribution in [3.8, 4) is 5.75 Å².